The molecule has 0 aliphatic carbocycles. The van der Waals surface area contributed by atoms with Gasteiger partial charge in [0.15, 0.2) is 0 Å². The zero-order chi connectivity index (χ0) is 16.1. The van der Waals surface area contributed by atoms with Gasteiger partial charge in [0.05, 0.1) is 5.76 Å². The van der Waals surface area contributed by atoms with Gasteiger partial charge in [0.25, 0.3) is 0 Å². The van der Waals surface area contributed by atoms with E-state index in [0.29, 0.717) is 18.1 Å². The Morgan fingerprint density at radius 1 is 1.05 bits per heavy atom. The van der Waals surface area contributed by atoms with Gasteiger partial charge in [-0.3, -0.25) is 0 Å². The predicted molar refractivity (Wildman–Crippen MR) is 83.3 cm³/mol. The molecule has 0 aromatic carbocycles. The largest absolute Gasteiger partial charge is 0.494 e. The lowest BCUT2D eigenvalue weighted by Gasteiger charge is -2.46. The second-order valence-corrected chi connectivity index (χ2v) is 6.79. The van der Waals surface area contributed by atoms with Crippen molar-refractivity contribution in [2.24, 2.45) is 16.7 Å². The number of allylic oxidation sites excluding steroid dienone is 1. The minimum atomic E-state index is -0.387. The van der Waals surface area contributed by atoms with Crippen molar-refractivity contribution >= 4 is 5.97 Å². The highest BCUT2D eigenvalue weighted by Gasteiger charge is 2.43. The molecule has 0 saturated carbocycles. The van der Waals surface area contributed by atoms with E-state index in [2.05, 4.69) is 54.7 Å². The van der Waals surface area contributed by atoms with E-state index in [1.807, 2.05) is 0 Å². The van der Waals surface area contributed by atoms with E-state index >= 15 is 0 Å². The summed E-state index contributed by atoms with van der Waals surface area (Å²) in [6, 6.07) is 0. The Kier molecular flexibility index (Phi) is 6.52. The van der Waals surface area contributed by atoms with Gasteiger partial charge in [-0.2, -0.15) is 0 Å². The standard InChI is InChI=1S/C17H30O3/c1-12(2)15(18)20-11-10-19-14(5)17(9,13(3)4)16(6,7)8/h13H,1,5,10-11H2,2-4,6-9H3. The van der Waals surface area contributed by atoms with Crippen molar-refractivity contribution in [1.29, 1.82) is 0 Å². The van der Waals surface area contributed by atoms with Crippen LogP contribution in [0.4, 0.5) is 0 Å². The fourth-order valence-corrected chi connectivity index (χ4v) is 2.18. The Morgan fingerprint density at radius 2 is 1.50 bits per heavy atom. The monoisotopic (exact) mass is 282 g/mol. The molecule has 1 unspecified atom stereocenters. The van der Waals surface area contributed by atoms with Crippen molar-refractivity contribution < 1.29 is 14.3 Å². The first-order chi connectivity index (χ1) is 8.94. The average Bonchev–Trinajstić information content (AvgIpc) is 2.30. The molecule has 0 aliphatic heterocycles. The zero-order valence-corrected chi connectivity index (χ0v) is 14.1. The second-order valence-electron chi connectivity index (χ2n) is 6.79. The lowest BCUT2D eigenvalue weighted by Crippen LogP contribution is -2.40. The molecule has 0 amide bonds. The molecular weight excluding hydrogens is 252 g/mol. The Balaban J connectivity index is 4.52. The first-order valence-electron chi connectivity index (χ1n) is 7.09. The molecule has 20 heavy (non-hydrogen) atoms. The van der Waals surface area contributed by atoms with E-state index in [9.17, 15) is 4.79 Å². The maximum atomic E-state index is 11.3. The molecule has 0 saturated heterocycles. The molecule has 0 aliphatic rings. The quantitative estimate of drug-likeness (QED) is 0.301. The van der Waals surface area contributed by atoms with Crippen molar-refractivity contribution in [3.63, 3.8) is 0 Å². The molecule has 0 bridgehead atoms. The van der Waals surface area contributed by atoms with Crippen LogP contribution in [0.25, 0.3) is 0 Å². The van der Waals surface area contributed by atoms with Gasteiger partial charge in [-0.05, 0) is 18.3 Å². The third-order valence-corrected chi connectivity index (χ3v) is 4.23. The van der Waals surface area contributed by atoms with Crippen LogP contribution in [0.2, 0.25) is 0 Å². The minimum absolute atomic E-state index is 0.0344. The van der Waals surface area contributed by atoms with Crippen molar-refractivity contribution in [2.75, 3.05) is 13.2 Å². The van der Waals surface area contributed by atoms with Gasteiger partial charge in [0.2, 0.25) is 0 Å². The van der Waals surface area contributed by atoms with Crippen LogP contribution < -0.4 is 0 Å². The van der Waals surface area contributed by atoms with E-state index in [0.717, 1.165) is 5.76 Å². The number of hydrogen-bond acceptors (Lipinski definition) is 3. The zero-order valence-electron chi connectivity index (χ0n) is 14.1. The van der Waals surface area contributed by atoms with Gasteiger partial charge in [0.1, 0.15) is 13.2 Å². The van der Waals surface area contributed by atoms with E-state index in [-0.39, 0.29) is 23.4 Å². The van der Waals surface area contributed by atoms with E-state index in [1.54, 1.807) is 6.92 Å². The number of carbonyl (C=O) groups is 1. The van der Waals surface area contributed by atoms with Crippen LogP contribution in [0.1, 0.15) is 48.5 Å². The third-order valence-electron chi connectivity index (χ3n) is 4.23. The fraction of sp³-hybridized carbons (Fsp3) is 0.706. The molecule has 0 aromatic heterocycles. The highest BCUT2D eigenvalue weighted by Crippen LogP contribution is 2.49. The molecule has 0 fully saturated rings. The van der Waals surface area contributed by atoms with Crippen LogP contribution in [0.3, 0.4) is 0 Å². The summed E-state index contributed by atoms with van der Waals surface area (Å²) in [5, 5.41) is 0. The molecule has 3 nitrogen and oxygen atoms in total. The van der Waals surface area contributed by atoms with Gasteiger partial charge in [-0.1, -0.05) is 54.7 Å². The fourth-order valence-electron chi connectivity index (χ4n) is 2.18. The van der Waals surface area contributed by atoms with Gasteiger partial charge < -0.3 is 9.47 Å². The molecule has 0 heterocycles. The molecule has 0 radical (unpaired) electrons. The predicted octanol–water partition coefficient (Wildman–Crippen LogP) is 4.34. The Hall–Kier alpha value is -1.25. The molecule has 0 aromatic rings. The van der Waals surface area contributed by atoms with E-state index in [1.165, 1.54) is 0 Å². The van der Waals surface area contributed by atoms with E-state index < -0.39 is 0 Å². The second kappa shape index (κ2) is 6.96. The summed E-state index contributed by atoms with van der Waals surface area (Å²) in [5.41, 5.74) is 0.281. The van der Waals surface area contributed by atoms with Crippen molar-refractivity contribution in [3.8, 4) is 0 Å². The van der Waals surface area contributed by atoms with Gasteiger partial charge in [-0.15, -0.1) is 0 Å². The topological polar surface area (TPSA) is 35.5 Å². The summed E-state index contributed by atoms with van der Waals surface area (Å²) in [6.45, 7) is 22.8. The van der Waals surface area contributed by atoms with Crippen LogP contribution in [-0.2, 0) is 14.3 Å². The number of ether oxygens (including phenoxy) is 2. The summed E-state index contributed by atoms with van der Waals surface area (Å²) >= 11 is 0. The first-order valence-corrected chi connectivity index (χ1v) is 7.09. The molecule has 0 rings (SSSR count). The summed E-state index contributed by atoms with van der Waals surface area (Å²) < 4.78 is 10.7. The normalized spacial score (nSPS) is 14.6. The van der Waals surface area contributed by atoms with Gasteiger partial charge in [-0.25, -0.2) is 4.79 Å². The Labute approximate surface area is 124 Å². The average molecular weight is 282 g/mol. The van der Waals surface area contributed by atoms with Crippen molar-refractivity contribution in [2.45, 2.75) is 48.5 Å². The minimum Gasteiger partial charge on any atom is -0.494 e. The lowest BCUT2D eigenvalue weighted by molar-refractivity contribution is -0.140. The molecule has 116 valence electrons. The molecule has 3 heteroatoms. The van der Waals surface area contributed by atoms with Gasteiger partial charge in [0, 0.05) is 11.0 Å². The summed E-state index contributed by atoms with van der Waals surface area (Å²) in [5.74, 6) is 0.751. The Bertz CT molecular complexity index is 374. The van der Waals surface area contributed by atoms with Crippen LogP contribution >= 0.6 is 0 Å². The van der Waals surface area contributed by atoms with Crippen LogP contribution in [0, 0.1) is 16.7 Å². The summed E-state index contributed by atoms with van der Waals surface area (Å²) in [7, 11) is 0. The smallest absolute Gasteiger partial charge is 0.333 e. The van der Waals surface area contributed by atoms with E-state index in [4.69, 9.17) is 9.47 Å². The first kappa shape index (κ1) is 18.8. The molecule has 1 atom stereocenters. The number of hydrogen-bond donors (Lipinski definition) is 0. The lowest BCUT2D eigenvalue weighted by atomic mass is 9.61. The highest BCUT2D eigenvalue weighted by atomic mass is 16.6. The molecule has 0 spiro atoms. The summed E-state index contributed by atoms with van der Waals surface area (Å²) in [6.07, 6.45) is 0. The summed E-state index contributed by atoms with van der Waals surface area (Å²) in [4.78, 5) is 11.3. The maximum absolute atomic E-state index is 11.3. The van der Waals surface area contributed by atoms with Crippen LogP contribution in [0.15, 0.2) is 24.5 Å². The van der Waals surface area contributed by atoms with Crippen LogP contribution in [0.5, 0.6) is 0 Å². The SMILES string of the molecule is C=C(C)C(=O)OCCOC(=C)C(C)(C(C)C)C(C)(C)C. The van der Waals surface area contributed by atoms with Crippen LogP contribution in [-0.4, -0.2) is 19.2 Å². The Morgan fingerprint density at radius 3 is 1.85 bits per heavy atom. The maximum Gasteiger partial charge on any atom is 0.333 e. The van der Waals surface area contributed by atoms with Crippen molar-refractivity contribution in [1.82, 2.24) is 0 Å². The van der Waals surface area contributed by atoms with Crippen molar-refractivity contribution in [3.05, 3.63) is 24.5 Å². The highest BCUT2D eigenvalue weighted by molar-refractivity contribution is 5.86. The number of rotatable bonds is 7. The molecule has 0 N–H and O–H groups in total. The third kappa shape index (κ3) is 4.39. The molecular formula is C17H30O3. The number of carbonyl (C=O) groups excluding carboxylic acids is 1. The van der Waals surface area contributed by atoms with Gasteiger partial charge >= 0.3 is 5.97 Å². The number of esters is 1.